The van der Waals surface area contributed by atoms with Crippen molar-refractivity contribution in [1.29, 1.82) is 5.26 Å². The van der Waals surface area contributed by atoms with E-state index >= 15 is 0 Å². The first-order valence-corrected chi connectivity index (χ1v) is 7.82. The van der Waals surface area contributed by atoms with E-state index in [2.05, 4.69) is 27.7 Å². The zero-order valence-corrected chi connectivity index (χ0v) is 12.6. The van der Waals surface area contributed by atoms with Crippen molar-refractivity contribution < 1.29 is 0 Å². The Bertz CT molecular complexity index is 449. The largest absolute Gasteiger partial charge is 0.297 e. The monoisotopic (exact) mass is 282 g/mol. The average Bonchev–Trinajstić information content (AvgIpc) is 3.00. The molecule has 18 heavy (non-hydrogen) atoms. The van der Waals surface area contributed by atoms with Gasteiger partial charge in [0.25, 0.3) is 0 Å². The molecule has 0 radical (unpaired) electrons. The third kappa shape index (κ3) is 3.94. The van der Waals surface area contributed by atoms with E-state index in [0.29, 0.717) is 11.3 Å². The highest BCUT2D eigenvalue weighted by atomic mass is 32.2. The number of nitrogens with zero attached hydrogens (tertiary/aromatic N) is 3. The smallest absolute Gasteiger partial charge is 0.170 e. The summed E-state index contributed by atoms with van der Waals surface area (Å²) in [6, 6.07) is 2.97. The molecule has 0 bridgehead atoms. The fourth-order valence-corrected chi connectivity index (χ4v) is 4.08. The van der Waals surface area contributed by atoms with Gasteiger partial charge < -0.3 is 0 Å². The zero-order chi connectivity index (χ0) is 13.2. The minimum absolute atomic E-state index is 0.355. The predicted molar refractivity (Wildman–Crippen MR) is 74.8 cm³/mol. The van der Waals surface area contributed by atoms with Crippen LogP contribution in [0.15, 0.2) is 4.34 Å². The molecular formula is C12H18N4S2. The molecule has 6 heteroatoms. The van der Waals surface area contributed by atoms with Crippen molar-refractivity contribution in [3.63, 3.8) is 0 Å². The molecule has 0 amide bonds. The van der Waals surface area contributed by atoms with Crippen LogP contribution < -0.4 is 5.32 Å². The molecule has 4 nitrogen and oxygen atoms in total. The lowest BCUT2D eigenvalue weighted by Crippen LogP contribution is -2.44. The maximum atomic E-state index is 9.33. The number of nitriles is 1. The first kappa shape index (κ1) is 13.8. The van der Waals surface area contributed by atoms with Gasteiger partial charge in [0.05, 0.1) is 6.07 Å². The standard InChI is InChI=1S/C12H18N4S2/c1-8(17-11-14-9(2)16-18-11)6-12(3,7-13)15-10-4-5-10/h8,10,15H,4-6H2,1-3H3. The van der Waals surface area contributed by atoms with Gasteiger partial charge in [-0.05, 0) is 44.6 Å². The van der Waals surface area contributed by atoms with Crippen molar-refractivity contribution in [2.45, 2.75) is 61.2 Å². The Hall–Kier alpha value is -0.640. The summed E-state index contributed by atoms with van der Waals surface area (Å²) in [6.07, 6.45) is 3.23. The molecule has 0 aliphatic heterocycles. The molecule has 1 fully saturated rings. The minimum atomic E-state index is -0.423. The van der Waals surface area contributed by atoms with Crippen LogP contribution in [0.3, 0.4) is 0 Å². The van der Waals surface area contributed by atoms with Crippen LogP contribution in [0.1, 0.15) is 38.9 Å². The lowest BCUT2D eigenvalue weighted by Gasteiger charge is -2.26. The Balaban J connectivity index is 1.88. The van der Waals surface area contributed by atoms with Gasteiger partial charge in [-0.1, -0.05) is 18.7 Å². The third-order valence-electron chi connectivity index (χ3n) is 2.85. The van der Waals surface area contributed by atoms with Crippen molar-refractivity contribution in [3.8, 4) is 6.07 Å². The Morgan fingerprint density at radius 3 is 2.89 bits per heavy atom. The molecule has 1 aromatic rings. The van der Waals surface area contributed by atoms with Gasteiger partial charge in [-0.2, -0.15) is 9.64 Å². The van der Waals surface area contributed by atoms with Gasteiger partial charge in [0.2, 0.25) is 0 Å². The lowest BCUT2D eigenvalue weighted by molar-refractivity contribution is 0.415. The van der Waals surface area contributed by atoms with Crippen molar-refractivity contribution >= 4 is 23.3 Å². The summed E-state index contributed by atoms with van der Waals surface area (Å²) in [7, 11) is 0. The summed E-state index contributed by atoms with van der Waals surface area (Å²) in [4.78, 5) is 4.35. The zero-order valence-electron chi connectivity index (χ0n) is 10.9. The van der Waals surface area contributed by atoms with E-state index in [-0.39, 0.29) is 0 Å². The fourth-order valence-electron chi connectivity index (χ4n) is 1.93. The van der Waals surface area contributed by atoms with Gasteiger partial charge >= 0.3 is 0 Å². The van der Waals surface area contributed by atoms with Gasteiger partial charge in [0, 0.05) is 11.3 Å². The quantitative estimate of drug-likeness (QED) is 0.813. The number of thioether (sulfide) groups is 1. The second-order valence-electron chi connectivity index (χ2n) is 5.10. The summed E-state index contributed by atoms with van der Waals surface area (Å²) in [5.41, 5.74) is -0.423. The molecule has 1 aromatic heterocycles. The van der Waals surface area contributed by atoms with Gasteiger partial charge in [-0.3, -0.25) is 5.32 Å². The highest BCUT2D eigenvalue weighted by Gasteiger charge is 2.33. The number of hydrogen-bond donors (Lipinski definition) is 1. The maximum Gasteiger partial charge on any atom is 0.170 e. The molecule has 2 rings (SSSR count). The van der Waals surface area contributed by atoms with Crippen LogP contribution in [0.25, 0.3) is 0 Å². The van der Waals surface area contributed by atoms with E-state index in [4.69, 9.17) is 0 Å². The van der Waals surface area contributed by atoms with Gasteiger partial charge in [0.15, 0.2) is 4.34 Å². The Labute approximate surface area is 116 Å². The van der Waals surface area contributed by atoms with E-state index < -0.39 is 5.54 Å². The molecule has 2 unspecified atom stereocenters. The van der Waals surface area contributed by atoms with Gasteiger partial charge in [0.1, 0.15) is 11.4 Å². The van der Waals surface area contributed by atoms with Crippen molar-refractivity contribution in [3.05, 3.63) is 5.82 Å². The molecule has 1 heterocycles. The van der Waals surface area contributed by atoms with Crippen molar-refractivity contribution in [1.82, 2.24) is 14.7 Å². The van der Waals surface area contributed by atoms with Crippen LogP contribution in [0.2, 0.25) is 0 Å². The highest BCUT2D eigenvalue weighted by Crippen LogP contribution is 2.31. The van der Waals surface area contributed by atoms with Crippen molar-refractivity contribution in [2.24, 2.45) is 0 Å². The summed E-state index contributed by atoms with van der Waals surface area (Å²) in [5, 5.41) is 13.1. The van der Waals surface area contributed by atoms with Crippen LogP contribution in [-0.2, 0) is 0 Å². The summed E-state index contributed by atoms with van der Waals surface area (Å²) >= 11 is 3.14. The predicted octanol–water partition coefficient (Wildman–Crippen LogP) is 2.75. The topological polar surface area (TPSA) is 61.6 Å². The van der Waals surface area contributed by atoms with Crippen LogP contribution in [-0.4, -0.2) is 26.2 Å². The molecular weight excluding hydrogens is 264 g/mol. The Morgan fingerprint density at radius 1 is 1.67 bits per heavy atom. The molecule has 1 N–H and O–H groups in total. The lowest BCUT2D eigenvalue weighted by atomic mass is 9.98. The number of nitrogens with one attached hydrogen (secondary N) is 1. The first-order chi connectivity index (χ1) is 8.50. The second kappa shape index (κ2) is 5.55. The summed E-state index contributed by atoms with van der Waals surface area (Å²) in [6.45, 7) is 6.04. The van der Waals surface area contributed by atoms with Crippen LogP contribution >= 0.6 is 23.3 Å². The molecule has 0 saturated heterocycles. The van der Waals surface area contributed by atoms with Gasteiger partial charge in [-0.25, -0.2) is 4.98 Å². The normalized spacial score (nSPS) is 20.1. The number of aryl methyl sites for hydroxylation is 1. The molecule has 1 aliphatic rings. The van der Waals surface area contributed by atoms with Crippen LogP contribution in [0.4, 0.5) is 0 Å². The number of hydrogen-bond acceptors (Lipinski definition) is 6. The molecule has 0 aromatic carbocycles. The summed E-state index contributed by atoms with van der Waals surface area (Å²) in [5.74, 6) is 0.828. The van der Waals surface area contributed by atoms with Crippen LogP contribution in [0, 0.1) is 18.3 Å². The van der Waals surface area contributed by atoms with E-state index in [1.807, 2.05) is 13.8 Å². The average molecular weight is 282 g/mol. The van der Waals surface area contributed by atoms with Crippen molar-refractivity contribution in [2.75, 3.05) is 0 Å². The molecule has 1 aliphatic carbocycles. The SMILES string of the molecule is Cc1nsc(SC(C)CC(C)(C#N)NC2CC2)n1. The molecule has 0 spiro atoms. The Morgan fingerprint density at radius 2 is 2.39 bits per heavy atom. The molecule has 98 valence electrons. The second-order valence-corrected chi connectivity index (χ2v) is 7.54. The van der Waals surface area contributed by atoms with E-state index in [1.165, 1.54) is 24.4 Å². The number of aromatic nitrogens is 2. The summed E-state index contributed by atoms with van der Waals surface area (Å²) < 4.78 is 5.17. The maximum absolute atomic E-state index is 9.33. The molecule has 1 saturated carbocycles. The molecule has 2 atom stereocenters. The highest BCUT2D eigenvalue weighted by molar-refractivity contribution is 8.01. The van der Waals surface area contributed by atoms with Crippen LogP contribution in [0.5, 0.6) is 0 Å². The van der Waals surface area contributed by atoms with E-state index in [0.717, 1.165) is 16.6 Å². The first-order valence-electron chi connectivity index (χ1n) is 6.17. The fraction of sp³-hybridized carbons (Fsp3) is 0.750. The van der Waals surface area contributed by atoms with E-state index in [9.17, 15) is 5.26 Å². The van der Waals surface area contributed by atoms with Gasteiger partial charge in [-0.15, -0.1) is 0 Å². The van der Waals surface area contributed by atoms with E-state index in [1.54, 1.807) is 11.8 Å². The number of rotatable bonds is 6. The third-order valence-corrected chi connectivity index (χ3v) is 4.83. The minimum Gasteiger partial charge on any atom is -0.297 e. The Kier molecular flexibility index (Phi) is 4.25.